The second-order valence-electron chi connectivity index (χ2n) is 6.65. The Labute approximate surface area is 167 Å². The average Bonchev–Trinajstić information content (AvgIpc) is 2.99. The fraction of sp³-hybridized carbons (Fsp3) is 0.294. The Balaban J connectivity index is 1.99. The molecule has 3 rings (SSSR count). The Kier molecular flexibility index (Phi) is 5.45. The lowest BCUT2D eigenvalue weighted by Crippen LogP contribution is -2.28. The highest BCUT2D eigenvalue weighted by atomic mass is 32.2. The minimum atomic E-state index is -4.82. The number of benzene rings is 1. The number of aromatic nitrogens is 1. The molecule has 0 saturated carbocycles. The van der Waals surface area contributed by atoms with E-state index < -0.39 is 52.1 Å². The van der Waals surface area contributed by atoms with Crippen LogP contribution in [-0.4, -0.2) is 38.3 Å². The molecule has 0 bridgehead atoms. The summed E-state index contributed by atoms with van der Waals surface area (Å²) in [6.07, 6.45) is -4.89. The van der Waals surface area contributed by atoms with Crippen LogP contribution in [0.1, 0.15) is 22.3 Å². The van der Waals surface area contributed by atoms with Gasteiger partial charge in [0.1, 0.15) is 5.82 Å². The molecule has 0 spiro atoms. The molecule has 1 aliphatic rings. The first kappa shape index (κ1) is 21.9. The normalized spacial score (nSPS) is 16.5. The van der Waals surface area contributed by atoms with E-state index in [1.165, 1.54) is 12.1 Å². The number of sulfonamides is 1. The third kappa shape index (κ3) is 4.84. The number of nitrogens with zero attached hydrogens (tertiary/aromatic N) is 2. The second kappa shape index (κ2) is 7.47. The topological polar surface area (TPSA) is 105 Å². The summed E-state index contributed by atoms with van der Waals surface area (Å²) in [5.74, 6) is -4.48. The molecule has 1 aliphatic heterocycles. The maximum Gasteiger partial charge on any atom is 0.417 e. The number of anilines is 2. The molecule has 0 atom stereocenters. The summed E-state index contributed by atoms with van der Waals surface area (Å²) >= 11 is 0. The molecule has 2 heterocycles. The van der Waals surface area contributed by atoms with Gasteiger partial charge in [-0.3, -0.25) is 4.79 Å². The summed E-state index contributed by atoms with van der Waals surface area (Å²) in [6, 6.07) is 5.24. The van der Waals surface area contributed by atoms with Crippen molar-refractivity contribution in [3.63, 3.8) is 0 Å². The van der Waals surface area contributed by atoms with Gasteiger partial charge in [0.25, 0.3) is 11.8 Å². The number of pyridine rings is 1. The highest BCUT2D eigenvalue weighted by Gasteiger charge is 2.41. The molecule has 0 radical (unpaired) electrons. The molecule has 2 aromatic rings. The molecule has 1 amide bonds. The van der Waals surface area contributed by atoms with Crippen molar-refractivity contribution in [1.82, 2.24) is 4.98 Å². The Morgan fingerprint density at radius 3 is 2.50 bits per heavy atom. The maximum absolute atomic E-state index is 13.6. The van der Waals surface area contributed by atoms with Crippen LogP contribution in [0.25, 0.3) is 0 Å². The fourth-order valence-corrected chi connectivity index (χ4v) is 3.46. The third-order valence-electron chi connectivity index (χ3n) is 4.33. The van der Waals surface area contributed by atoms with Crippen molar-refractivity contribution in [3.05, 3.63) is 47.7 Å². The molecule has 3 N–H and O–H groups in total. The van der Waals surface area contributed by atoms with Gasteiger partial charge in [-0.2, -0.15) is 13.2 Å². The molecule has 7 nitrogen and oxygen atoms in total. The van der Waals surface area contributed by atoms with E-state index in [9.17, 15) is 35.2 Å². The predicted octanol–water partition coefficient (Wildman–Crippen LogP) is 2.85. The monoisotopic (exact) mass is 450 g/mol. The number of carbonyl (C=O) groups is 1. The van der Waals surface area contributed by atoms with Gasteiger partial charge in [0, 0.05) is 24.8 Å². The number of rotatable bonds is 4. The Hall–Kier alpha value is -2.80. The van der Waals surface area contributed by atoms with E-state index in [0.717, 1.165) is 17.0 Å². The van der Waals surface area contributed by atoms with Crippen molar-refractivity contribution in [2.24, 2.45) is 5.14 Å². The maximum atomic E-state index is 13.6. The smallest absolute Gasteiger partial charge is 0.350 e. The number of nitrogens with two attached hydrogens (primary N) is 1. The summed E-state index contributed by atoms with van der Waals surface area (Å²) in [5.41, 5.74) is -1.88. The van der Waals surface area contributed by atoms with Gasteiger partial charge in [0.05, 0.1) is 22.6 Å². The summed E-state index contributed by atoms with van der Waals surface area (Å²) < 4.78 is 89.3. The number of primary sulfonamides is 1. The van der Waals surface area contributed by atoms with Crippen LogP contribution in [0.4, 0.5) is 33.5 Å². The molecule has 1 saturated heterocycles. The van der Waals surface area contributed by atoms with E-state index in [1.54, 1.807) is 0 Å². The lowest BCUT2D eigenvalue weighted by atomic mass is 10.1. The van der Waals surface area contributed by atoms with Crippen molar-refractivity contribution in [2.75, 3.05) is 23.3 Å². The second-order valence-corrected chi connectivity index (χ2v) is 8.21. The summed E-state index contributed by atoms with van der Waals surface area (Å²) in [5, 5.41) is 7.27. The first-order chi connectivity index (χ1) is 13.8. The molecular weight excluding hydrogens is 435 g/mol. The molecule has 1 aromatic heterocycles. The minimum Gasteiger partial charge on any atom is -0.350 e. The molecule has 1 aromatic carbocycles. The minimum absolute atomic E-state index is 0.0679. The van der Waals surface area contributed by atoms with Crippen LogP contribution in [0.2, 0.25) is 0 Å². The molecule has 30 heavy (non-hydrogen) atoms. The first-order valence-electron chi connectivity index (χ1n) is 8.40. The van der Waals surface area contributed by atoms with Crippen LogP contribution in [0.3, 0.4) is 0 Å². The lowest BCUT2D eigenvalue weighted by Gasteiger charge is -2.21. The van der Waals surface area contributed by atoms with E-state index in [2.05, 4.69) is 10.3 Å². The summed E-state index contributed by atoms with van der Waals surface area (Å²) in [6.45, 7) is -1.00. The zero-order valence-electron chi connectivity index (χ0n) is 15.1. The number of halogens is 5. The van der Waals surface area contributed by atoms with Gasteiger partial charge < -0.3 is 10.2 Å². The van der Waals surface area contributed by atoms with Crippen LogP contribution < -0.4 is 15.4 Å². The summed E-state index contributed by atoms with van der Waals surface area (Å²) in [4.78, 5) is 17.0. The average molecular weight is 450 g/mol. The van der Waals surface area contributed by atoms with Crippen molar-refractivity contribution < 1.29 is 35.2 Å². The van der Waals surface area contributed by atoms with Crippen molar-refractivity contribution in [1.29, 1.82) is 0 Å². The van der Waals surface area contributed by atoms with E-state index in [4.69, 9.17) is 5.14 Å². The van der Waals surface area contributed by atoms with Crippen LogP contribution in [0.15, 0.2) is 41.4 Å². The van der Waals surface area contributed by atoms with Gasteiger partial charge in [0.15, 0.2) is 0 Å². The van der Waals surface area contributed by atoms with Gasteiger partial charge in [-0.15, -0.1) is 0 Å². The highest BCUT2D eigenvalue weighted by molar-refractivity contribution is 7.89. The van der Waals surface area contributed by atoms with Crippen LogP contribution in [-0.2, 0) is 16.2 Å². The van der Waals surface area contributed by atoms with Gasteiger partial charge in [0.2, 0.25) is 10.0 Å². The number of nitrogens with one attached hydrogen (secondary N) is 1. The fourth-order valence-electron chi connectivity index (χ4n) is 2.90. The number of hydrogen-bond acceptors (Lipinski definition) is 5. The van der Waals surface area contributed by atoms with Gasteiger partial charge in [-0.05, 0) is 24.3 Å². The Bertz CT molecular complexity index is 1090. The van der Waals surface area contributed by atoms with E-state index in [-0.39, 0.29) is 22.9 Å². The van der Waals surface area contributed by atoms with Gasteiger partial charge in [-0.25, -0.2) is 27.3 Å². The third-order valence-corrected chi connectivity index (χ3v) is 5.24. The first-order valence-corrected chi connectivity index (χ1v) is 9.95. The van der Waals surface area contributed by atoms with Crippen molar-refractivity contribution >= 4 is 27.4 Å². The van der Waals surface area contributed by atoms with Crippen LogP contribution in [0.5, 0.6) is 0 Å². The van der Waals surface area contributed by atoms with E-state index in [0.29, 0.717) is 12.3 Å². The Morgan fingerprint density at radius 2 is 1.93 bits per heavy atom. The number of amides is 1. The van der Waals surface area contributed by atoms with E-state index in [1.807, 2.05) is 0 Å². The van der Waals surface area contributed by atoms with Crippen LogP contribution >= 0.6 is 0 Å². The van der Waals surface area contributed by atoms with Crippen molar-refractivity contribution in [3.8, 4) is 0 Å². The zero-order chi connectivity index (χ0) is 22.3. The molecule has 162 valence electrons. The van der Waals surface area contributed by atoms with E-state index >= 15 is 0 Å². The number of carbonyl (C=O) groups excluding carboxylic acids is 1. The standard InChI is InChI=1S/C17H15F5N4O3S/c18-16(19)4-5-26(9-16)14-13(6-10(8-24-14)17(20,21)22)15(27)25-11-2-1-3-12(7-11)30(23,28)29/h1-3,6-8H,4-5,9H2,(H,25,27)(H2,23,28,29). The molecule has 13 heteroatoms. The zero-order valence-corrected chi connectivity index (χ0v) is 15.9. The summed E-state index contributed by atoms with van der Waals surface area (Å²) in [7, 11) is -4.09. The van der Waals surface area contributed by atoms with Gasteiger partial charge in [-0.1, -0.05) is 6.07 Å². The van der Waals surface area contributed by atoms with Crippen molar-refractivity contribution in [2.45, 2.75) is 23.4 Å². The number of alkyl halides is 5. The van der Waals surface area contributed by atoms with Crippen LogP contribution in [0, 0.1) is 0 Å². The quantitative estimate of drug-likeness (QED) is 0.697. The Morgan fingerprint density at radius 1 is 1.23 bits per heavy atom. The molecule has 0 aliphatic carbocycles. The highest BCUT2D eigenvalue weighted by Crippen LogP contribution is 2.35. The largest absolute Gasteiger partial charge is 0.417 e. The molecule has 1 fully saturated rings. The number of hydrogen-bond donors (Lipinski definition) is 2. The SMILES string of the molecule is NS(=O)(=O)c1cccc(NC(=O)c2cc(C(F)(F)F)cnc2N2CCC(F)(F)C2)c1. The predicted molar refractivity (Wildman–Crippen MR) is 96.8 cm³/mol. The lowest BCUT2D eigenvalue weighted by molar-refractivity contribution is -0.137. The molecule has 0 unspecified atom stereocenters. The molecular formula is C17H15F5N4O3S. The van der Waals surface area contributed by atoms with Gasteiger partial charge >= 0.3 is 6.18 Å².